The standard InChI is InChI=1S/C19H24N4O/c1-16-2-4-18(5-3-16)15-22-10-12-23(13-11-22)19(24)21-14-17-6-8-20-9-7-17/h2-9H,10-15H2,1H3,(H,21,24). The number of nitrogens with one attached hydrogen (secondary N) is 1. The van der Waals surface area contributed by atoms with Crippen molar-refractivity contribution in [2.45, 2.75) is 20.0 Å². The van der Waals surface area contributed by atoms with Crippen LogP contribution in [0.4, 0.5) is 4.79 Å². The summed E-state index contributed by atoms with van der Waals surface area (Å²) < 4.78 is 0. The van der Waals surface area contributed by atoms with Crippen LogP contribution in [-0.2, 0) is 13.1 Å². The van der Waals surface area contributed by atoms with Crippen LogP contribution in [0.2, 0.25) is 0 Å². The minimum atomic E-state index is 0.0156. The fourth-order valence-corrected chi connectivity index (χ4v) is 2.85. The molecule has 5 heteroatoms. The van der Waals surface area contributed by atoms with E-state index >= 15 is 0 Å². The number of hydrogen-bond donors (Lipinski definition) is 1. The first-order valence-electron chi connectivity index (χ1n) is 8.40. The van der Waals surface area contributed by atoms with Gasteiger partial charge in [0.2, 0.25) is 0 Å². The molecule has 2 aromatic rings. The number of amides is 2. The molecule has 3 rings (SSSR count). The number of nitrogens with zero attached hydrogens (tertiary/aromatic N) is 3. The van der Waals surface area contributed by atoms with E-state index in [0.717, 1.165) is 38.3 Å². The van der Waals surface area contributed by atoms with Crippen molar-refractivity contribution in [3.8, 4) is 0 Å². The van der Waals surface area contributed by atoms with E-state index in [4.69, 9.17) is 0 Å². The van der Waals surface area contributed by atoms with Gasteiger partial charge in [-0.15, -0.1) is 0 Å². The molecule has 0 bridgehead atoms. The highest BCUT2D eigenvalue weighted by molar-refractivity contribution is 5.74. The lowest BCUT2D eigenvalue weighted by Crippen LogP contribution is -2.51. The molecule has 2 amide bonds. The van der Waals surface area contributed by atoms with E-state index in [1.54, 1.807) is 12.4 Å². The zero-order valence-electron chi connectivity index (χ0n) is 14.1. The number of piperazine rings is 1. The van der Waals surface area contributed by atoms with Gasteiger partial charge in [-0.3, -0.25) is 9.88 Å². The second-order valence-electron chi connectivity index (χ2n) is 6.26. The van der Waals surface area contributed by atoms with Crippen LogP contribution in [0.1, 0.15) is 16.7 Å². The van der Waals surface area contributed by atoms with E-state index < -0.39 is 0 Å². The number of benzene rings is 1. The van der Waals surface area contributed by atoms with Crippen LogP contribution in [0.15, 0.2) is 48.8 Å². The molecule has 1 aromatic heterocycles. The van der Waals surface area contributed by atoms with Crippen molar-refractivity contribution in [3.05, 3.63) is 65.5 Å². The summed E-state index contributed by atoms with van der Waals surface area (Å²) in [5.74, 6) is 0. The molecule has 1 saturated heterocycles. The van der Waals surface area contributed by atoms with Crippen molar-refractivity contribution in [1.82, 2.24) is 20.1 Å². The lowest BCUT2D eigenvalue weighted by molar-refractivity contribution is 0.135. The first kappa shape index (κ1) is 16.5. The molecule has 126 valence electrons. The molecular weight excluding hydrogens is 300 g/mol. The van der Waals surface area contributed by atoms with Gasteiger partial charge in [-0.25, -0.2) is 4.79 Å². The van der Waals surface area contributed by atoms with E-state index in [1.807, 2.05) is 17.0 Å². The van der Waals surface area contributed by atoms with Crippen molar-refractivity contribution >= 4 is 6.03 Å². The fourth-order valence-electron chi connectivity index (χ4n) is 2.85. The van der Waals surface area contributed by atoms with Crippen LogP contribution in [-0.4, -0.2) is 47.0 Å². The molecule has 0 unspecified atom stereocenters. The van der Waals surface area contributed by atoms with E-state index in [2.05, 4.69) is 46.4 Å². The molecule has 0 spiro atoms. The number of aromatic nitrogens is 1. The lowest BCUT2D eigenvalue weighted by Gasteiger charge is -2.34. The Bertz CT molecular complexity index is 649. The SMILES string of the molecule is Cc1ccc(CN2CCN(C(=O)NCc3ccncc3)CC2)cc1. The van der Waals surface area contributed by atoms with Crippen molar-refractivity contribution in [1.29, 1.82) is 0 Å². The van der Waals surface area contributed by atoms with Gasteiger partial charge in [0.1, 0.15) is 0 Å². The Kier molecular flexibility index (Phi) is 5.43. The summed E-state index contributed by atoms with van der Waals surface area (Å²) in [7, 11) is 0. The summed E-state index contributed by atoms with van der Waals surface area (Å²) in [5, 5.41) is 2.98. The van der Waals surface area contributed by atoms with Gasteiger partial charge in [0.05, 0.1) is 0 Å². The Morgan fingerprint density at radius 1 is 1.00 bits per heavy atom. The Labute approximate surface area is 143 Å². The molecule has 0 saturated carbocycles. The number of hydrogen-bond acceptors (Lipinski definition) is 3. The molecule has 0 atom stereocenters. The van der Waals surface area contributed by atoms with E-state index in [0.29, 0.717) is 6.54 Å². The predicted octanol–water partition coefficient (Wildman–Crippen LogP) is 2.42. The van der Waals surface area contributed by atoms with Crippen molar-refractivity contribution in [2.75, 3.05) is 26.2 Å². The number of aryl methyl sites for hydroxylation is 1. The Balaban J connectivity index is 1.42. The van der Waals surface area contributed by atoms with E-state index in [1.165, 1.54) is 11.1 Å². The number of rotatable bonds is 4. The molecule has 1 aromatic carbocycles. The number of pyridine rings is 1. The quantitative estimate of drug-likeness (QED) is 0.939. The summed E-state index contributed by atoms with van der Waals surface area (Å²) in [5.41, 5.74) is 3.68. The molecule has 1 aliphatic rings. The second-order valence-corrected chi connectivity index (χ2v) is 6.26. The highest BCUT2D eigenvalue weighted by Crippen LogP contribution is 2.10. The Morgan fingerprint density at radius 2 is 1.67 bits per heavy atom. The first-order valence-corrected chi connectivity index (χ1v) is 8.40. The normalized spacial score (nSPS) is 15.3. The fraction of sp³-hybridized carbons (Fsp3) is 0.368. The monoisotopic (exact) mass is 324 g/mol. The Hall–Kier alpha value is -2.40. The summed E-state index contributed by atoms with van der Waals surface area (Å²) >= 11 is 0. The smallest absolute Gasteiger partial charge is 0.317 e. The molecule has 1 N–H and O–H groups in total. The maximum atomic E-state index is 12.3. The minimum Gasteiger partial charge on any atom is -0.334 e. The van der Waals surface area contributed by atoms with Crippen LogP contribution in [0, 0.1) is 6.92 Å². The molecule has 1 aliphatic heterocycles. The minimum absolute atomic E-state index is 0.0156. The molecule has 24 heavy (non-hydrogen) atoms. The lowest BCUT2D eigenvalue weighted by atomic mass is 10.1. The van der Waals surface area contributed by atoms with Crippen LogP contribution < -0.4 is 5.32 Å². The van der Waals surface area contributed by atoms with Gasteiger partial charge in [0, 0.05) is 51.7 Å². The van der Waals surface area contributed by atoms with E-state index in [9.17, 15) is 4.79 Å². The van der Waals surface area contributed by atoms with Gasteiger partial charge in [-0.1, -0.05) is 29.8 Å². The largest absolute Gasteiger partial charge is 0.334 e. The maximum absolute atomic E-state index is 12.3. The highest BCUT2D eigenvalue weighted by atomic mass is 16.2. The van der Waals surface area contributed by atoms with Crippen LogP contribution in [0.3, 0.4) is 0 Å². The maximum Gasteiger partial charge on any atom is 0.317 e. The predicted molar refractivity (Wildman–Crippen MR) is 94.5 cm³/mol. The molecule has 0 aliphatic carbocycles. The molecular formula is C19H24N4O. The summed E-state index contributed by atoms with van der Waals surface area (Å²) in [6.45, 7) is 6.97. The first-order chi connectivity index (χ1) is 11.7. The molecule has 1 fully saturated rings. The van der Waals surface area contributed by atoms with Crippen molar-refractivity contribution in [3.63, 3.8) is 0 Å². The molecule has 5 nitrogen and oxygen atoms in total. The average molecular weight is 324 g/mol. The number of carbonyl (C=O) groups excluding carboxylic acids is 1. The highest BCUT2D eigenvalue weighted by Gasteiger charge is 2.20. The van der Waals surface area contributed by atoms with Gasteiger partial charge in [-0.05, 0) is 30.2 Å². The summed E-state index contributed by atoms with van der Waals surface area (Å²) in [6, 6.07) is 12.5. The van der Waals surface area contributed by atoms with Crippen LogP contribution in [0.25, 0.3) is 0 Å². The third kappa shape index (κ3) is 4.55. The third-order valence-corrected chi connectivity index (χ3v) is 4.38. The van der Waals surface area contributed by atoms with Crippen molar-refractivity contribution in [2.24, 2.45) is 0 Å². The van der Waals surface area contributed by atoms with Gasteiger partial charge < -0.3 is 10.2 Å². The number of urea groups is 1. The van der Waals surface area contributed by atoms with Crippen LogP contribution >= 0.6 is 0 Å². The Morgan fingerprint density at radius 3 is 2.33 bits per heavy atom. The van der Waals surface area contributed by atoms with Crippen LogP contribution in [0.5, 0.6) is 0 Å². The zero-order valence-corrected chi connectivity index (χ0v) is 14.1. The van der Waals surface area contributed by atoms with Gasteiger partial charge in [-0.2, -0.15) is 0 Å². The second kappa shape index (κ2) is 7.93. The van der Waals surface area contributed by atoms with Crippen molar-refractivity contribution < 1.29 is 4.79 Å². The summed E-state index contributed by atoms with van der Waals surface area (Å²) in [6.07, 6.45) is 3.48. The topological polar surface area (TPSA) is 48.5 Å². The number of carbonyl (C=O) groups is 1. The van der Waals surface area contributed by atoms with E-state index in [-0.39, 0.29) is 6.03 Å². The summed E-state index contributed by atoms with van der Waals surface area (Å²) in [4.78, 5) is 20.5. The van der Waals surface area contributed by atoms with Gasteiger partial charge in [0.15, 0.2) is 0 Å². The third-order valence-electron chi connectivity index (χ3n) is 4.38. The zero-order chi connectivity index (χ0) is 16.8. The van der Waals surface area contributed by atoms with Gasteiger partial charge >= 0.3 is 6.03 Å². The average Bonchev–Trinajstić information content (AvgIpc) is 2.63. The molecule has 2 heterocycles. The molecule has 0 radical (unpaired) electrons. The van der Waals surface area contributed by atoms with Gasteiger partial charge in [0.25, 0.3) is 0 Å².